The summed E-state index contributed by atoms with van der Waals surface area (Å²) in [5.74, 6) is 0.628. The van der Waals surface area contributed by atoms with Crippen molar-refractivity contribution in [3.63, 3.8) is 0 Å². The molecule has 0 bridgehead atoms. The van der Waals surface area contributed by atoms with Gasteiger partial charge >= 0.3 is 0 Å². The molecule has 0 aliphatic heterocycles. The molecular weight excluding hydrogens is 262 g/mol. The van der Waals surface area contributed by atoms with Gasteiger partial charge in [-0.1, -0.05) is 19.1 Å². The summed E-state index contributed by atoms with van der Waals surface area (Å²) in [4.78, 5) is 16.8. The predicted molar refractivity (Wildman–Crippen MR) is 86.9 cm³/mol. The number of nitrogens with one attached hydrogen (secondary N) is 2. The number of hydrogen-bond donors (Lipinski definition) is 2. The SMILES string of the molecule is CCNc1cc(C(=O)Nc2cccc(C)c2)cc(CC)n1. The molecule has 2 aromatic rings. The van der Waals surface area contributed by atoms with Crippen LogP contribution in [0.2, 0.25) is 0 Å². The summed E-state index contributed by atoms with van der Waals surface area (Å²) >= 11 is 0. The summed E-state index contributed by atoms with van der Waals surface area (Å²) < 4.78 is 0. The van der Waals surface area contributed by atoms with E-state index >= 15 is 0 Å². The van der Waals surface area contributed by atoms with Crippen LogP contribution in [-0.4, -0.2) is 17.4 Å². The van der Waals surface area contributed by atoms with Crippen molar-refractivity contribution in [1.29, 1.82) is 0 Å². The van der Waals surface area contributed by atoms with Crippen molar-refractivity contribution in [2.45, 2.75) is 27.2 Å². The number of benzene rings is 1. The van der Waals surface area contributed by atoms with Gasteiger partial charge in [0.1, 0.15) is 5.82 Å². The molecular formula is C17H21N3O. The van der Waals surface area contributed by atoms with E-state index in [0.29, 0.717) is 5.56 Å². The Balaban J connectivity index is 2.23. The van der Waals surface area contributed by atoms with E-state index in [-0.39, 0.29) is 5.91 Å². The first kappa shape index (κ1) is 15.0. The smallest absolute Gasteiger partial charge is 0.255 e. The fourth-order valence-corrected chi connectivity index (χ4v) is 2.10. The summed E-state index contributed by atoms with van der Waals surface area (Å²) in [6.07, 6.45) is 0.796. The lowest BCUT2D eigenvalue weighted by atomic mass is 10.1. The van der Waals surface area contributed by atoms with Crippen LogP contribution in [-0.2, 0) is 6.42 Å². The van der Waals surface area contributed by atoms with Crippen molar-refractivity contribution in [1.82, 2.24) is 4.98 Å². The predicted octanol–water partition coefficient (Wildman–Crippen LogP) is 3.64. The molecule has 110 valence electrons. The maximum atomic E-state index is 12.4. The molecule has 0 saturated carbocycles. The van der Waals surface area contributed by atoms with Gasteiger partial charge in [-0.2, -0.15) is 0 Å². The summed E-state index contributed by atoms with van der Waals surface area (Å²) in [7, 11) is 0. The van der Waals surface area contributed by atoms with E-state index in [4.69, 9.17) is 0 Å². The number of aryl methyl sites for hydroxylation is 2. The Hall–Kier alpha value is -2.36. The average molecular weight is 283 g/mol. The van der Waals surface area contributed by atoms with Gasteiger partial charge in [0, 0.05) is 23.5 Å². The lowest BCUT2D eigenvalue weighted by Crippen LogP contribution is -2.14. The molecule has 1 heterocycles. The van der Waals surface area contributed by atoms with Gasteiger partial charge in [0.25, 0.3) is 5.91 Å². The van der Waals surface area contributed by atoms with Crippen molar-refractivity contribution in [3.05, 3.63) is 53.2 Å². The van der Waals surface area contributed by atoms with Crippen molar-refractivity contribution in [2.75, 3.05) is 17.2 Å². The first-order chi connectivity index (χ1) is 10.1. The van der Waals surface area contributed by atoms with Gasteiger partial charge in [0.15, 0.2) is 0 Å². The number of hydrogen-bond acceptors (Lipinski definition) is 3. The van der Waals surface area contributed by atoms with Crippen LogP contribution in [0.3, 0.4) is 0 Å². The molecule has 0 unspecified atom stereocenters. The van der Waals surface area contributed by atoms with E-state index < -0.39 is 0 Å². The van der Waals surface area contributed by atoms with Crippen molar-refractivity contribution < 1.29 is 4.79 Å². The average Bonchev–Trinajstić information content (AvgIpc) is 2.47. The molecule has 4 heteroatoms. The Morgan fingerprint density at radius 3 is 2.67 bits per heavy atom. The van der Waals surface area contributed by atoms with E-state index in [2.05, 4.69) is 15.6 Å². The van der Waals surface area contributed by atoms with E-state index in [1.54, 1.807) is 6.07 Å². The molecule has 0 aliphatic carbocycles. The fraction of sp³-hybridized carbons (Fsp3) is 0.294. The van der Waals surface area contributed by atoms with Gasteiger partial charge in [-0.05, 0) is 50.1 Å². The highest BCUT2D eigenvalue weighted by molar-refractivity contribution is 6.04. The van der Waals surface area contributed by atoms with Crippen LogP contribution >= 0.6 is 0 Å². The van der Waals surface area contributed by atoms with E-state index in [1.807, 2.05) is 51.1 Å². The van der Waals surface area contributed by atoms with Crippen LogP contribution in [0.1, 0.15) is 35.5 Å². The number of pyridine rings is 1. The Kier molecular flexibility index (Phi) is 4.93. The Morgan fingerprint density at radius 2 is 2.00 bits per heavy atom. The first-order valence-electron chi connectivity index (χ1n) is 7.25. The second-order valence-electron chi connectivity index (χ2n) is 4.94. The molecule has 1 aromatic heterocycles. The Morgan fingerprint density at radius 1 is 1.19 bits per heavy atom. The molecule has 4 nitrogen and oxygen atoms in total. The topological polar surface area (TPSA) is 54.0 Å². The standard InChI is InChI=1S/C17H21N3O/c1-4-14-10-13(11-16(19-14)18-5-2)17(21)20-15-8-6-7-12(3)9-15/h6-11H,4-5H2,1-3H3,(H,18,19)(H,20,21). The second-order valence-corrected chi connectivity index (χ2v) is 4.94. The van der Waals surface area contributed by atoms with Crippen LogP contribution in [0.4, 0.5) is 11.5 Å². The lowest BCUT2D eigenvalue weighted by Gasteiger charge is -2.10. The number of carbonyl (C=O) groups is 1. The maximum absolute atomic E-state index is 12.4. The molecule has 1 aromatic carbocycles. The van der Waals surface area contributed by atoms with Crippen LogP contribution in [0.15, 0.2) is 36.4 Å². The van der Waals surface area contributed by atoms with Crippen LogP contribution in [0, 0.1) is 6.92 Å². The number of carbonyl (C=O) groups excluding carboxylic acids is 1. The number of amides is 1. The van der Waals surface area contributed by atoms with Gasteiger partial charge in [-0.3, -0.25) is 4.79 Å². The largest absolute Gasteiger partial charge is 0.370 e. The van der Waals surface area contributed by atoms with Gasteiger partial charge in [-0.25, -0.2) is 4.98 Å². The highest BCUT2D eigenvalue weighted by Gasteiger charge is 2.10. The third-order valence-corrected chi connectivity index (χ3v) is 3.14. The van der Waals surface area contributed by atoms with Crippen LogP contribution in [0.5, 0.6) is 0 Å². The van der Waals surface area contributed by atoms with Crippen molar-refractivity contribution in [3.8, 4) is 0 Å². The summed E-state index contributed by atoms with van der Waals surface area (Å²) in [5.41, 5.74) is 3.45. The van der Waals surface area contributed by atoms with Crippen molar-refractivity contribution >= 4 is 17.4 Å². The lowest BCUT2D eigenvalue weighted by molar-refractivity contribution is 0.102. The quantitative estimate of drug-likeness (QED) is 0.881. The third kappa shape index (κ3) is 4.05. The third-order valence-electron chi connectivity index (χ3n) is 3.14. The van der Waals surface area contributed by atoms with Crippen LogP contribution in [0.25, 0.3) is 0 Å². The van der Waals surface area contributed by atoms with Crippen LogP contribution < -0.4 is 10.6 Å². The van der Waals surface area contributed by atoms with E-state index in [9.17, 15) is 4.79 Å². The minimum atomic E-state index is -0.114. The number of nitrogens with zero attached hydrogens (tertiary/aromatic N) is 1. The van der Waals surface area contributed by atoms with Gasteiger partial charge < -0.3 is 10.6 Å². The molecule has 1 amide bonds. The van der Waals surface area contributed by atoms with Gasteiger partial charge in [-0.15, -0.1) is 0 Å². The molecule has 2 N–H and O–H groups in total. The molecule has 0 radical (unpaired) electrons. The summed E-state index contributed by atoms with van der Waals surface area (Å²) in [5, 5.41) is 6.08. The first-order valence-corrected chi connectivity index (χ1v) is 7.25. The van der Waals surface area contributed by atoms with E-state index in [0.717, 1.165) is 35.7 Å². The molecule has 0 saturated heterocycles. The summed E-state index contributed by atoms with van der Waals surface area (Å²) in [6, 6.07) is 11.4. The Bertz CT molecular complexity index is 638. The zero-order valence-electron chi connectivity index (χ0n) is 12.7. The molecule has 0 aliphatic rings. The minimum Gasteiger partial charge on any atom is -0.370 e. The molecule has 0 atom stereocenters. The normalized spacial score (nSPS) is 10.2. The second kappa shape index (κ2) is 6.88. The monoisotopic (exact) mass is 283 g/mol. The zero-order valence-corrected chi connectivity index (χ0v) is 12.7. The van der Waals surface area contributed by atoms with Gasteiger partial charge in [0.05, 0.1) is 0 Å². The number of anilines is 2. The maximum Gasteiger partial charge on any atom is 0.255 e. The molecule has 2 rings (SSSR count). The highest BCUT2D eigenvalue weighted by atomic mass is 16.1. The minimum absolute atomic E-state index is 0.114. The fourth-order valence-electron chi connectivity index (χ4n) is 2.10. The molecule has 0 fully saturated rings. The summed E-state index contributed by atoms with van der Waals surface area (Å²) in [6.45, 7) is 6.81. The number of aromatic nitrogens is 1. The zero-order chi connectivity index (χ0) is 15.2. The van der Waals surface area contributed by atoms with E-state index in [1.165, 1.54) is 0 Å². The Labute approximate surface area is 125 Å². The molecule has 0 spiro atoms. The molecule has 21 heavy (non-hydrogen) atoms. The number of rotatable bonds is 5. The van der Waals surface area contributed by atoms with Crippen molar-refractivity contribution in [2.24, 2.45) is 0 Å². The van der Waals surface area contributed by atoms with Gasteiger partial charge in [0.2, 0.25) is 0 Å². The highest BCUT2D eigenvalue weighted by Crippen LogP contribution is 2.15.